The molecule has 0 bridgehead atoms. The van der Waals surface area contributed by atoms with E-state index in [1.165, 1.54) is 11.8 Å². The SMILES string of the molecule is CCOC(=O)c1c(SCC(=O)c2ccc(Br)cc2)nn2ccc(C)cc12. The lowest BCUT2D eigenvalue weighted by Gasteiger charge is -2.04. The van der Waals surface area contributed by atoms with Crippen LogP contribution in [-0.4, -0.2) is 33.7 Å². The van der Waals surface area contributed by atoms with E-state index in [0.717, 1.165) is 10.0 Å². The van der Waals surface area contributed by atoms with Gasteiger partial charge in [-0.2, -0.15) is 5.10 Å². The van der Waals surface area contributed by atoms with Crippen LogP contribution in [0.5, 0.6) is 0 Å². The standard InChI is InChI=1S/C19H17BrN2O3S/c1-3-25-19(24)17-15-10-12(2)8-9-22(15)21-18(17)26-11-16(23)13-4-6-14(20)7-5-13/h4-10H,3,11H2,1-2H3. The molecule has 0 fully saturated rings. The minimum atomic E-state index is -0.424. The zero-order valence-electron chi connectivity index (χ0n) is 14.4. The van der Waals surface area contributed by atoms with Gasteiger partial charge in [-0.15, -0.1) is 0 Å². The maximum atomic E-state index is 12.4. The maximum Gasteiger partial charge on any atom is 0.343 e. The number of ether oxygens (including phenoxy) is 1. The van der Waals surface area contributed by atoms with Crippen molar-refractivity contribution in [3.05, 3.63) is 63.8 Å². The number of thioether (sulfide) groups is 1. The summed E-state index contributed by atoms with van der Waals surface area (Å²) < 4.78 is 7.75. The van der Waals surface area contributed by atoms with E-state index >= 15 is 0 Å². The summed E-state index contributed by atoms with van der Waals surface area (Å²) in [4.78, 5) is 24.8. The summed E-state index contributed by atoms with van der Waals surface area (Å²) in [6.45, 7) is 3.99. The minimum Gasteiger partial charge on any atom is -0.462 e. The highest BCUT2D eigenvalue weighted by Crippen LogP contribution is 2.27. The molecule has 0 saturated carbocycles. The quantitative estimate of drug-likeness (QED) is 0.324. The van der Waals surface area contributed by atoms with Gasteiger partial charge >= 0.3 is 5.97 Å². The number of Topliss-reactive ketones (excluding diaryl/α,β-unsaturated/α-hetero) is 1. The molecule has 2 aromatic heterocycles. The normalized spacial score (nSPS) is 10.9. The van der Waals surface area contributed by atoms with Crippen molar-refractivity contribution in [2.75, 3.05) is 12.4 Å². The lowest BCUT2D eigenvalue weighted by Crippen LogP contribution is -2.07. The van der Waals surface area contributed by atoms with E-state index in [2.05, 4.69) is 21.0 Å². The third-order valence-corrected chi connectivity index (χ3v) is 5.24. The molecular formula is C19H17BrN2O3S. The van der Waals surface area contributed by atoms with E-state index in [1.54, 1.807) is 29.8 Å². The molecule has 0 aliphatic heterocycles. The Morgan fingerprint density at radius 2 is 1.96 bits per heavy atom. The number of pyridine rings is 1. The van der Waals surface area contributed by atoms with Gasteiger partial charge in [-0.1, -0.05) is 39.8 Å². The van der Waals surface area contributed by atoms with Crippen LogP contribution >= 0.6 is 27.7 Å². The Bertz CT molecular complexity index is 967. The highest BCUT2D eigenvalue weighted by molar-refractivity contribution is 9.10. The molecule has 0 unspecified atom stereocenters. The Balaban J connectivity index is 1.89. The molecule has 3 aromatic rings. The number of benzene rings is 1. The highest BCUT2D eigenvalue weighted by atomic mass is 79.9. The predicted molar refractivity (Wildman–Crippen MR) is 105 cm³/mol. The summed E-state index contributed by atoms with van der Waals surface area (Å²) in [5, 5.41) is 4.96. The number of aromatic nitrogens is 2. The molecule has 0 amide bonds. The van der Waals surface area contributed by atoms with Gasteiger partial charge in [0.2, 0.25) is 0 Å². The summed E-state index contributed by atoms with van der Waals surface area (Å²) in [5.74, 6) is -0.256. The van der Waals surface area contributed by atoms with E-state index in [1.807, 2.05) is 31.2 Å². The second-order valence-corrected chi connectivity index (χ2v) is 7.53. The van der Waals surface area contributed by atoms with E-state index in [-0.39, 0.29) is 18.1 Å². The molecule has 5 nitrogen and oxygen atoms in total. The van der Waals surface area contributed by atoms with Crippen LogP contribution in [0.4, 0.5) is 0 Å². The first kappa shape index (κ1) is 18.7. The molecular weight excluding hydrogens is 416 g/mol. The Hall–Kier alpha value is -2.12. The number of esters is 1. The summed E-state index contributed by atoms with van der Waals surface area (Å²) in [5.41, 5.74) is 2.73. The van der Waals surface area contributed by atoms with Crippen LogP contribution in [0.15, 0.2) is 52.1 Å². The first-order valence-electron chi connectivity index (χ1n) is 8.07. The number of carbonyl (C=O) groups excluding carboxylic acids is 2. The molecule has 2 heterocycles. The Labute approximate surface area is 163 Å². The van der Waals surface area contributed by atoms with Gasteiger partial charge in [0.1, 0.15) is 10.6 Å². The molecule has 0 spiro atoms. The lowest BCUT2D eigenvalue weighted by molar-refractivity contribution is 0.0524. The molecule has 0 radical (unpaired) electrons. The number of ketones is 1. The minimum absolute atomic E-state index is 0.0226. The van der Waals surface area contributed by atoms with Crippen LogP contribution in [0.25, 0.3) is 5.52 Å². The van der Waals surface area contributed by atoms with Gasteiger partial charge in [-0.05, 0) is 43.7 Å². The van der Waals surface area contributed by atoms with Crippen LogP contribution in [0.3, 0.4) is 0 Å². The molecule has 7 heteroatoms. The van der Waals surface area contributed by atoms with Gasteiger partial charge in [0.05, 0.1) is 17.9 Å². The van der Waals surface area contributed by atoms with E-state index in [4.69, 9.17) is 4.74 Å². The molecule has 0 aliphatic carbocycles. The van der Waals surface area contributed by atoms with Gasteiger partial charge < -0.3 is 4.74 Å². The largest absolute Gasteiger partial charge is 0.462 e. The molecule has 0 aliphatic rings. The molecule has 0 N–H and O–H groups in total. The van der Waals surface area contributed by atoms with Crippen molar-refractivity contribution in [2.45, 2.75) is 18.9 Å². The Morgan fingerprint density at radius 3 is 2.65 bits per heavy atom. The Morgan fingerprint density at radius 1 is 1.23 bits per heavy atom. The summed E-state index contributed by atoms with van der Waals surface area (Å²) in [6, 6.07) is 11.0. The number of rotatable bonds is 6. The first-order valence-corrected chi connectivity index (χ1v) is 9.85. The highest BCUT2D eigenvalue weighted by Gasteiger charge is 2.22. The van der Waals surface area contributed by atoms with Gasteiger partial charge in [-0.25, -0.2) is 9.31 Å². The van der Waals surface area contributed by atoms with Crippen LogP contribution in [-0.2, 0) is 4.74 Å². The molecule has 134 valence electrons. The molecule has 0 atom stereocenters. The van der Waals surface area contributed by atoms with Crippen molar-refractivity contribution >= 4 is 45.0 Å². The molecule has 0 saturated heterocycles. The fourth-order valence-corrected chi connectivity index (χ4v) is 3.66. The van der Waals surface area contributed by atoms with Crippen molar-refractivity contribution in [1.29, 1.82) is 0 Å². The summed E-state index contributed by atoms with van der Waals surface area (Å²) >= 11 is 4.60. The van der Waals surface area contributed by atoms with Crippen molar-refractivity contribution in [1.82, 2.24) is 9.61 Å². The van der Waals surface area contributed by atoms with Crippen LogP contribution in [0.1, 0.15) is 33.2 Å². The average molecular weight is 433 g/mol. The number of hydrogen-bond acceptors (Lipinski definition) is 5. The van der Waals surface area contributed by atoms with Gasteiger partial charge in [0.25, 0.3) is 0 Å². The van der Waals surface area contributed by atoms with Crippen LogP contribution < -0.4 is 0 Å². The number of carbonyl (C=O) groups is 2. The van der Waals surface area contributed by atoms with E-state index in [0.29, 0.717) is 21.7 Å². The molecule has 3 rings (SSSR count). The van der Waals surface area contributed by atoms with Crippen molar-refractivity contribution in [2.24, 2.45) is 0 Å². The van der Waals surface area contributed by atoms with Gasteiger partial charge in [0, 0.05) is 16.2 Å². The third kappa shape index (κ3) is 3.99. The first-order chi connectivity index (χ1) is 12.5. The third-order valence-electron chi connectivity index (χ3n) is 3.74. The maximum absolute atomic E-state index is 12.4. The number of halogens is 1. The zero-order chi connectivity index (χ0) is 18.7. The number of nitrogens with zero attached hydrogens (tertiary/aromatic N) is 2. The van der Waals surface area contributed by atoms with Crippen molar-refractivity contribution in [3.8, 4) is 0 Å². The van der Waals surface area contributed by atoms with Gasteiger partial charge in [0.15, 0.2) is 5.78 Å². The molecule has 1 aromatic carbocycles. The van der Waals surface area contributed by atoms with Gasteiger partial charge in [-0.3, -0.25) is 4.79 Å². The summed E-state index contributed by atoms with van der Waals surface area (Å²) in [6.07, 6.45) is 1.80. The Kier molecular flexibility index (Phi) is 5.78. The predicted octanol–water partition coefficient (Wildman–Crippen LogP) is 4.56. The van der Waals surface area contributed by atoms with Crippen molar-refractivity contribution < 1.29 is 14.3 Å². The fourth-order valence-electron chi connectivity index (χ4n) is 2.48. The second kappa shape index (κ2) is 8.05. The lowest BCUT2D eigenvalue weighted by atomic mass is 10.2. The van der Waals surface area contributed by atoms with E-state index < -0.39 is 5.97 Å². The monoisotopic (exact) mass is 432 g/mol. The zero-order valence-corrected chi connectivity index (χ0v) is 16.8. The fraction of sp³-hybridized carbons (Fsp3) is 0.211. The van der Waals surface area contributed by atoms with Crippen LogP contribution in [0, 0.1) is 6.92 Å². The molecule has 26 heavy (non-hydrogen) atoms. The smallest absolute Gasteiger partial charge is 0.343 e. The van der Waals surface area contributed by atoms with Crippen molar-refractivity contribution in [3.63, 3.8) is 0 Å². The number of hydrogen-bond donors (Lipinski definition) is 0. The topological polar surface area (TPSA) is 60.7 Å². The average Bonchev–Trinajstić information content (AvgIpc) is 2.98. The summed E-state index contributed by atoms with van der Waals surface area (Å²) in [7, 11) is 0. The second-order valence-electron chi connectivity index (χ2n) is 5.65. The van der Waals surface area contributed by atoms with E-state index in [9.17, 15) is 9.59 Å². The van der Waals surface area contributed by atoms with Crippen LogP contribution in [0.2, 0.25) is 0 Å². The number of aryl methyl sites for hydroxylation is 1. The number of fused-ring (bicyclic) bond motifs is 1.